The van der Waals surface area contributed by atoms with Crippen LogP contribution < -0.4 is 5.32 Å². The maximum Gasteiger partial charge on any atom is 0.243 e. The van der Waals surface area contributed by atoms with Crippen molar-refractivity contribution < 1.29 is 0 Å². The number of aromatic nitrogens is 3. The maximum absolute atomic E-state index is 5.95. The van der Waals surface area contributed by atoms with Crippen molar-refractivity contribution in [1.82, 2.24) is 15.2 Å². The summed E-state index contributed by atoms with van der Waals surface area (Å²) in [5.74, 6) is 0.601. The molecule has 0 aliphatic carbocycles. The third-order valence-electron chi connectivity index (χ3n) is 2.56. The molecular formula is C12H21ClN4. The van der Waals surface area contributed by atoms with E-state index in [1.807, 2.05) is 6.92 Å². The molecule has 1 N–H and O–H groups in total. The van der Waals surface area contributed by atoms with Crippen LogP contribution in [0.3, 0.4) is 0 Å². The molecule has 0 spiro atoms. The fraction of sp³-hybridized carbons (Fsp3) is 0.750. The van der Waals surface area contributed by atoms with Gasteiger partial charge in [0.2, 0.25) is 5.95 Å². The number of anilines is 1. The largest absolute Gasteiger partial charge is 0.350 e. The lowest BCUT2D eigenvalue weighted by molar-refractivity contribution is 0.682. The van der Waals surface area contributed by atoms with Gasteiger partial charge in [-0.2, -0.15) is 5.10 Å². The lowest BCUT2D eigenvalue weighted by Crippen LogP contribution is -2.21. The van der Waals surface area contributed by atoms with Crippen LogP contribution in [0.5, 0.6) is 0 Å². The number of rotatable bonds is 6. The molecular weight excluding hydrogens is 236 g/mol. The molecule has 2 unspecified atom stereocenters. The number of nitrogens with one attached hydrogen (secondary N) is 1. The van der Waals surface area contributed by atoms with Gasteiger partial charge < -0.3 is 5.32 Å². The molecule has 0 amide bonds. The van der Waals surface area contributed by atoms with E-state index in [2.05, 4.69) is 41.3 Å². The van der Waals surface area contributed by atoms with Crippen molar-refractivity contribution >= 4 is 17.5 Å². The molecule has 0 saturated heterocycles. The van der Waals surface area contributed by atoms with Crippen LogP contribution in [0.1, 0.15) is 45.5 Å². The van der Waals surface area contributed by atoms with E-state index in [9.17, 15) is 0 Å². The topological polar surface area (TPSA) is 50.7 Å². The molecule has 17 heavy (non-hydrogen) atoms. The first-order valence-corrected chi connectivity index (χ1v) is 6.63. The Hall–Kier alpha value is -0.900. The first-order valence-electron chi connectivity index (χ1n) is 6.19. The van der Waals surface area contributed by atoms with Crippen LogP contribution in [0.25, 0.3) is 0 Å². The lowest BCUT2D eigenvalue weighted by atomic mass is 10.2. The zero-order valence-corrected chi connectivity index (χ0v) is 11.8. The second-order valence-corrected chi connectivity index (χ2v) is 5.04. The van der Waals surface area contributed by atoms with Gasteiger partial charge in [-0.15, -0.1) is 16.7 Å². The fourth-order valence-electron chi connectivity index (χ4n) is 1.77. The van der Waals surface area contributed by atoms with Gasteiger partial charge in [-0.05, 0) is 33.1 Å². The van der Waals surface area contributed by atoms with Crippen LogP contribution in [0, 0.1) is 0 Å². The van der Waals surface area contributed by atoms with Crippen LogP contribution in [-0.4, -0.2) is 26.6 Å². The molecule has 2 atom stereocenters. The standard InChI is InChI=1S/C12H21ClN4/c1-5-10-11(6-2)16-17-12(15-10)14-9(4)7-8(3)13/h8-9H,5-7H2,1-4H3,(H,14,15,17). The third-order valence-corrected chi connectivity index (χ3v) is 2.74. The minimum Gasteiger partial charge on any atom is -0.350 e. The molecule has 0 saturated carbocycles. The van der Waals surface area contributed by atoms with E-state index in [0.29, 0.717) is 5.95 Å². The molecule has 0 aliphatic rings. The Balaban J connectivity index is 2.72. The number of hydrogen-bond acceptors (Lipinski definition) is 4. The second kappa shape index (κ2) is 6.74. The highest BCUT2D eigenvalue weighted by Crippen LogP contribution is 2.11. The molecule has 0 aliphatic heterocycles. The molecule has 0 radical (unpaired) electrons. The number of nitrogens with zero attached hydrogens (tertiary/aromatic N) is 3. The Bertz CT molecular complexity index is 354. The molecule has 0 aromatic carbocycles. The van der Waals surface area contributed by atoms with E-state index < -0.39 is 0 Å². The molecule has 1 rings (SSSR count). The van der Waals surface area contributed by atoms with Gasteiger partial charge in [0.25, 0.3) is 0 Å². The van der Waals surface area contributed by atoms with E-state index in [-0.39, 0.29) is 11.4 Å². The summed E-state index contributed by atoms with van der Waals surface area (Å²) < 4.78 is 0. The quantitative estimate of drug-likeness (QED) is 0.796. The highest BCUT2D eigenvalue weighted by Gasteiger charge is 2.10. The van der Waals surface area contributed by atoms with E-state index in [0.717, 1.165) is 30.7 Å². The average molecular weight is 257 g/mol. The summed E-state index contributed by atoms with van der Waals surface area (Å²) in [6.45, 7) is 8.20. The van der Waals surface area contributed by atoms with E-state index >= 15 is 0 Å². The highest BCUT2D eigenvalue weighted by molar-refractivity contribution is 6.20. The van der Waals surface area contributed by atoms with Crippen molar-refractivity contribution in [3.8, 4) is 0 Å². The Kier molecular flexibility index (Phi) is 5.62. The van der Waals surface area contributed by atoms with Crippen LogP contribution in [0.4, 0.5) is 5.95 Å². The van der Waals surface area contributed by atoms with Crippen molar-refractivity contribution in [2.75, 3.05) is 5.32 Å². The fourth-order valence-corrected chi connectivity index (χ4v) is 2.03. The zero-order valence-electron chi connectivity index (χ0n) is 11.0. The number of halogens is 1. The zero-order chi connectivity index (χ0) is 12.8. The molecule has 4 nitrogen and oxygen atoms in total. The van der Waals surface area contributed by atoms with E-state index in [1.54, 1.807) is 0 Å². The van der Waals surface area contributed by atoms with Crippen molar-refractivity contribution in [2.24, 2.45) is 0 Å². The highest BCUT2D eigenvalue weighted by atomic mass is 35.5. The summed E-state index contributed by atoms with van der Waals surface area (Å²) in [7, 11) is 0. The average Bonchev–Trinajstić information content (AvgIpc) is 2.27. The summed E-state index contributed by atoms with van der Waals surface area (Å²) in [6.07, 6.45) is 2.63. The molecule has 5 heteroatoms. The van der Waals surface area contributed by atoms with E-state index in [4.69, 9.17) is 11.6 Å². The van der Waals surface area contributed by atoms with Crippen molar-refractivity contribution in [3.05, 3.63) is 11.4 Å². The molecule has 0 fully saturated rings. The minimum atomic E-state index is 0.144. The van der Waals surface area contributed by atoms with Gasteiger partial charge in [0.15, 0.2) is 0 Å². The van der Waals surface area contributed by atoms with Crippen LogP contribution in [-0.2, 0) is 12.8 Å². The van der Waals surface area contributed by atoms with Gasteiger partial charge in [-0.3, -0.25) is 0 Å². The van der Waals surface area contributed by atoms with Gasteiger partial charge >= 0.3 is 0 Å². The lowest BCUT2D eigenvalue weighted by Gasteiger charge is -2.15. The van der Waals surface area contributed by atoms with Gasteiger partial charge in [0.1, 0.15) is 0 Å². The predicted octanol–water partition coefficient (Wildman–Crippen LogP) is 2.81. The Labute approximate surface area is 108 Å². The van der Waals surface area contributed by atoms with E-state index in [1.165, 1.54) is 0 Å². The first-order chi connectivity index (χ1) is 8.06. The molecule has 0 bridgehead atoms. The predicted molar refractivity (Wildman–Crippen MR) is 71.6 cm³/mol. The minimum absolute atomic E-state index is 0.144. The monoisotopic (exact) mass is 256 g/mol. The van der Waals surface area contributed by atoms with Gasteiger partial charge in [0.05, 0.1) is 11.4 Å². The van der Waals surface area contributed by atoms with Gasteiger partial charge in [0, 0.05) is 11.4 Å². The van der Waals surface area contributed by atoms with Gasteiger partial charge in [-0.1, -0.05) is 13.8 Å². The van der Waals surface area contributed by atoms with Crippen LogP contribution in [0.15, 0.2) is 0 Å². The normalized spacial score (nSPS) is 14.4. The smallest absolute Gasteiger partial charge is 0.243 e. The number of alkyl halides is 1. The summed E-state index contributed by atoms with van der Waals surface area (Å²) in [4.78, 5) is 4.48. The maximum atomic E-state index is 5.95. The summed E-state index contributed by atoms with van der Waals surface area (Å²) in [5.41, 5.74) is 2.01. The number of aryl methyl sites for hydroxylation is 2. The Morgan fingerprint density at radius 2 is 1.76 bits per heavy atom. The molecule has 1 heterocycles. The van der Waals surface area contributed by atoms with Crippen molar-refractivity contribution in [3.63, 3.8) is 0 Å². The SMILES string of the molecule is CCc1nnc(NC(C)CC(C)Cl)nc1CC. The summed E-state index contributed by atoms with van der Waals surface area (Å²) in [5, 5.41) is 11.7. The Morgan fingerprint density at radius 1 is 1.12 bits per heavy atom. The second-order valence-electron chi connectivity index (χ2n) is 4.30. The molecule has 1 aromatic rings. The van der Waals surface area contributed by atoms with Crippen molar-refractivity contribution in [2.45, 2.75) is 58.4 Å². The van der Waals surface area contributed by atoms with Crippen LogP contribution in [0.2, 0.25) is 0 Å². The van der Waals surface area contributed by atoms with Crippen LogP contribution >= 0.6 is 11.6 Å². The van der Waals surface area contributed by atoms with Gasteiger partial charge in [-0.25, -0.2) is 4.98 Å². The Morgan fingerprint density at radius 3 is 2.29 bits per heavy atom. The molecule has 1 aromatic heterocycles. The first kappa shape index (κ1) is 14.2. The van der Waals surface area contributed by atoms with Crippen molar-refractivity contribution in [1.29, 1.82) is 0 Å². The third kappa shape index (κ3) is 4.46. The molecule has 96 valence electrons. The number of hydrogen-bond donors (Lipinski definition) is 1. The summed E-state index contributed by atoms with van der Waals surface area (Å²) in [6, 6.07) is 0.251. The summed E-state index contributed by atoms with van der Waals surface area (Å²) >= 11 is 5.95.